The lowest BCUT2D eigenvalue weighted by Gasteiger charge is -2.31. The van der Waals surface area contributed by atoms with Crippen molar-refractivity contribution in [1.29, 1.82) is 0 Å². The number of aliphatic hydroxyl groups is 1. The number of carboxylic acids is 2. The zero-order chi connectivity index (χ0) is 86.6. The maximum Gasteiger partial charge on any atom is 0.322 e. The Kier molecular flexibility index (Phi) is 39.4. The van der Waals surface area contributed by atoms with Gasteiger partial charge in [-0.2, -0.15) is 0 Å². The summed E-state index contributed by atoms with van der Waals surface area (Å²) in [5, 5.41) is 81.3. The number of nitrogens with one attached hydrogen (secondary N) is 15. The quantitative estimate of drug-likeness (QED) is 0.0196. The Morgan fingerprint density at radius 3 is 1.19 bits per heavy atom. The first-order valence-corrected chi connectivity index (χ1v) is 37.4. The summed E-state index contributed by atoms with van der Waals surface area (Å²) in [5.74, 6) is -20.4. The van der Waals surface area contributed by atoms with Gasteiger partial charge in [0.2, 0.25) is 88.6 Å². The van der Waals surface area contributed by atoms with Gasteiger partial charge < -0.3 is 122 Å². The van der Waals surface area contributed by atoms with E-state index in [0.717, 1.165) is 0 Å². The number of H-pyrrole nitrogens is 2. The molecule has 0 fully saturated rings. The fraction of sp³-hybridized carbons (Fsp3) is 0.527. The summed E-state index contributed by atoms with van der Waals surface area (Å²) in [6, 6.07) is -7.64. The zero-order valence-electron chi connectivity index (χ0n) is 65.6. The summed E-state index contributed by atoms with van der Waals surface area (Å²) in [4.78, 5) is 244. The summed E-state index contributed by atoms with van der Waals surface area (Å²) in [7, 11) is 0. The average molecular weight is 1630 g/mol. The third-order valence-electron chi connectivity index (χ3n) is 18.1. The number of carboxylic acid groups (broad SMARTS) is 2. The van der Waals surface area contributed by atoms with Crippen LogP contribution in [0.2, 0.25) is 0 Å². The lowest BCUT2D eigenvalue weighted by Crippen LogP contribution is -2.62. The number of phenolic OH excluding ortho intramolecular Hbond substituents is 2. The van der Waals surface area contributed by atoms with Crippen molar-refractivity contribution in [2.45, 2.75) is 205 Å². The molecule has 2 aromatic carbocycles. The maximum absolute atomic E-state index is 14.7. The Bertz CT molecular complexity index is 4010. The van der Waals surface area contributed by atoms with E-state index in [1.54, 1.807) is 27.7 Å². The van der Waals surface area contributed by atoms with Crippen molar-refractivity contribution in [3.8, 4) is 11.5 Å². The van der Waals surface area contributed by atoms with E-state index in [2.05, 4.69) is 89.1 Å². The fourth-order valence-electron chi connectivity index (χ4n) is 11.4. The number of aromatic hydroxyl groups is 2. The number of primary amides is 2. The van der Waals surface area contributed by atoms with Crippen molar-refractivity contribution < 1.29 is 107 Å². The number of aromatic nitrogens is 4. The molecule has 636 valence electrons. The van der Waals surface area contributed by atoms with Crippen molar-refractivity contribution in [2.24, 2.45) is 40.9 Å². The summed E-state index contributed by atoms with van der Waals surface area (Å²) in [5.41, 5.74) is 17.9. The Morgan fingerprint density at radius 2 is 0.767 bits per heavy atom. The number of nitrogens with zero attached hydrogens (tertiary/aromatic N) is 2. The van der Waals surface area contributed by atoms with Gasteiger partial charge in [-0.25, -0.2) is 9.97 Å². The minimum atomic E-state index is -1.81. The molecule has 0 radical (unpaired) electrons. The Balaban J connectivity index is 1.57. The minimum Gasteiger partial charge on any atom is -0.508 e. The molecule has 2 heterocycles. The second kappa shape index (κ2) is 47.8. The van der Waals surface area contributed by atoms with Gasteiger partial charge in [0.15, 0.2) is 0 Å². The number of benzene rings is 2. The molecule has 0 aliphatic heterocycles. The van der Waals surface area contributed by atoms with Crippen LogP contribution in [-0.2, 0) is 107 Å². The first-order chi connectivity index (χ1) is 54.7. The number of amides is 15. The van der Waals surface area contributed by atoms with E-state index < -0.39 is 236 Å². The molecule has 0 saturated carbocycles. The number of aliphatic hydroxyl groups excluding tert-OH is 1. The van der Waals surface area contributed by atoms with E-state index in [0.29, 0.717) is 11.1 Å². The number of aromatic amines is 2. The van der Waals surface area contributed by atoms with Gasteiger partial charge in [-0.3, -0.25) is 81.5 Å². The lowest BCUT2D eigenvalue weighted by atomic mass is 9.95. The Morgan fingerprint density at radius 1 is 0.405 bits per heavy atom. The summed E-state index contributed by atoms with van der Waals surface area (Å²) < 4.78 is 0. The van der Waals surface area contributed by atoms with Crippen molar-refractivity contribution in [2.75, 3.05) is 19.7 Å². The van der Waals surface area contributed by atoms with Gasteiger partial charge >= 0.3 is 11.9 Å². The molecule has 42 nitrogen and oxygen atoms in total. The van der Waals surface area contributed by atoms with Crippen LogP contribution in [0.3, 0.4) is 0 Å². The predicted octanol–water partition coefficient (Wildman–Crippen LogP) is -5.42. The van der Waals surface area contributed by atoms with Crippen LogP contribution in [0.4, 0.5) is 0 Å². The highest BCUT2D eigenvalue weighted by molar-refractivity contribution is 6.00. The van der Waals surface area contributed by atoms with Gasteiger partial charge in [-0.15, -0.1) is 0 Å². The van der Waals surface area contributed by atoms with Crippen molar-refractivity contribution in [3.63, 3.8) is 0 Å². The number of rotatable bonds is 51. The largest absolute Gasteiger partial charge is 0.508 e. The molecule has 4 aromatic rings. The van der Waals surface area contributed by atoms with Crippen molar-refractivity contribution >= 4 is 101 Å². The van der Waals surface area contributed by atoms with E-state index in [-0.39, 0.29) is 80.2 Å². The molecule has 116 heavy (non-hydrogen) atoms. The fourth-order valence-corrected chi connectivity index (χ4v) is 11.4. The summed E-state index contributed by atoms with van der Waals surface area (Å²) >= 11 is 0. The Labute approximate surface area is 667 Å². The second-order valence-corrected chi connectivity index (χ2v) is 28.8. The summed E-state index contributed by atoms with van der Waals surface area (Å²) in [6.45, 7) is 10.0. The van der Waals surface area contributed by atoms with Gasteiger partial charge in [0.1, 0.15) is 84.5 Å². The van der Waals surface area contributed by atoms with Crippen molar-refractivity contribution in [3.05, 3.63) is 96.1 Å². The first kappa shape index (κ1) is 95.7. The lowest BCUT2D eigenvalue weighted by molar-refractivity contribution is -0.139. The van der Waals surface area contributed by atoms with E-state index in [1.807, 2.05) is 0 Å². The third kappa shape index (κ3) is 33.6. The smallest absolute Gasteiger partial charge is 0.322 e. The highest BCUT2D eigenvalue weighted by atomic mass is 16.4. The molecular weight excluding hydrogens is 1520 g/mol. The SMILES string of the molecule is CC[C@H](C)[C@H](NC(=O)[C@@H](NC(=O)[C@H](Cc1ccc(O)cc1)NC(=O)[C@H](CO)NC(=O)CNC(=O)[C@H](Cc1ccc(O)cc1)NC(=O)[C@@H](N)CCC(N)=O)C(C)C)C(=O)N[C@@H](CCC(N)=O)C(=O)N[C@@H](Cc1c[nH]cn1)C(=O)N[C@H](C(=O)N[C@@H](CC(C)C)C(=O)N[C@@H](CCC(=O)O)C(=O)N[C@@H](Cc1c[nH]cn1)C(=O)NCC(=O)O)C(C)C. The molecule has 0 unspecified atom stereocenters. The molecule has 4 rings (SSSR count). The van der Waals surface area contributed by atoms with Gasteiger partial charge in [0.05, 0.1) is 43.2 Å². The van der Waals surface area contributed by atoms with Crippen LogP contribution in [0.5, 0.6) is 11.5 Å². The monoisotopic (exact) mass is 1630 g/mol. The van der Waals surface area contributed by atoms with E-state index >= 15 is 0 Å². The van der Waals surface area contributed by atoms with Gasteiger partial charge in [-0.05, 0) is 84.7 Å². The summed E-state index contributed by atoms with van der Waals surface area (Å²) in [6.07, 6.45) is 1.62. The molecule has 0 saturated heterocycles. The number of imidazole rings is 2. The molecule has 13 atom stereocenters. The van der Waals surface area contributed by atoms with E-state index in [9.17, 15) is 107 Å². The number of hydrogen-bond donors (Lipinski definition) is 23. The number of aliphatic carboxylic acids is 2. The molecule has 0 bridgehead atoms. The first-order valence-electron chi connectivity index (χ1n) is 37.4. The molecule has 2 aromatic heterocycles. The normalized spacial score (nSPS) is 14.5. The van der Waals surface area contributed by atoms with Crippen LogP contribution in [0.1, 0.15) is 129 Å². The minimum absolute atomic E-state index is 0.0985. The van der Waals surface area contributed by atoms with Gasteiger partial charge in [-0.1, -0.05) is 86.1 Å². The Hall–Kier alpha value is -12.6. The molecule has 42 heteroatoms. The highest BCUT2D eigenvalue weighted by Gasteiger charge is 2.39. The molecule has 15 amide bonds. The predicted molar refractivity (Wildman–Crippen MR) is 410 cm³/mol. The van der Waals surface area contributed by atoms with Gasteiger partial charge in [0.25, 0.3) is 0 Å². The van der Waals surface area contributed by atoms with Crippen LogP contribution in [0.25, 0.3) is 0 Å². The molecule has 0 aliphatic rings. The molecular formula is C74H108N20O22. The van der Waals surface area contributed by atoms with E-state index in [1.165, 1.54) is 101 Å². The number of hydrogen-bond acceptors (Lipinski definition) is 23. The van der Waals surface area contributed by atoms with Crippen LogP contribution in [0, 0.1) is 23.7 Å². The van der Waals surface area contributed by atoms with Crippen LogP contribution in [-0.4, -0.2) is 238 Å². The topological polar surface area (TPSA) is 683 Å². The maximum atomic E-state index is 14.7. The van der Waals surface area contributed by atoms with Crippen LogP contribution < -0.4 is 86.3 Å². The number of nitrogens with two attached hydrogens (primary N) is 3. The number of carbonyl (C=O) groups excluding carboxylic acids is 15. The number of phenols is 2. The second-order valence-electron chi connectivity index (χ2n) is 28.8. The average Bonchev–Trinajstić information content (AvgIpc) is 0.976. The molecule has 0 aliphatic carbocycles. The standard InChI is InChI=1S/C74H108N20O22/c1-9-39(8)62(94-73(115)61(38(6)7)93-69(111)51(26-41-12-16-45(97)17-13-41)88-71(113)54(33-95)84-57(100)31-80-64(106)50(25-40-10-14-44(96)15-11-40)87-63(105)46(75)18-21-55(76)98)74(116)86-47(19-22-56(77)99)66(108)90-53(28-43-30-79-35-83-43)70(112)92-60(37(4)5)72(114)91-49(24-36(2)3)68(110)85-48(20-23-58(101)102)67(109)89-52(27-42-29-78-34-82-42)65(107)81-32-59(103)104/h10-17,29-30,34-39,46-54,60-62,95-97H,9,18-28,31-33,75H2,1-8H3,(H2,76,98)(H2,77,99)(H,78,82)(H,79,83)(H,80,106)(H,81,107)(H,84,100)(H,85,110)(H,86,116)(H,87,105)(H,88,113)(H,89,109)(H,90,108)(H,91,114)(H,92,112)(H,93,111)(H,94,115)(H,101,102)(H,103,104)/t39-,46-,47-,48-,49-,50-,51-,52-,53-,54-,60-,61-,62-/m0/s1. The van der Waals surface area contributed by atoms with Crippen LogP contribution >= 0.6 is 0 Å². The van der Waals surface area contributed by atoms with Crippen molar-refractivity contribution in [1.82, 2.24) is 89.1 Å². The highest BCUT2D eigenvalue weighted by Crippen LogP contribution is 2.18. The molecule has 0 spiro atoms. The van der Waals surface area contributed by atoms with Crippen LogP contribution in [0.15, 0.2) is 73.6 Å². The molecule has 26 N–H and O–H groups in total. The van der Waals surface area contributed by atoms with E-state index in [4.69, 9.17) is 17.2 Å². The zero-order valence-corrected chi connectivity index (χ0v) is 65.6. The van der Waals surface area contributed by atoms with Gasteiger partial charge in [0, 0.05) is 57.3 Å². The number of carbonyl (C=O) groups is 17. The third-order valence-corrected chi connectivity index (χ3v) is 18.1.